The second-order valence-electron chi connectivity index (χ2n) is 4.50. The molecule has 0 radical (unpaired) electrons. The third-order valence-corrected chi connectivity index (χ3v) is 3.88. The molecular weight excluding hydrogens is 337 g/mol. The van der Waals surface area contributed by atoms with E-state index in [-0.39, 0.29) is 5.91 Å². The molecule has 0 saturated heterocycles. The molecule has 0 saturated carbocycles. The van der Waals surface area contributed by atoms with Gasteiger partial charge in [-0.3, -0.25) is 4.79 Å². The lowest BCUT2D eigenvalue weighted by Gasteiger charge is -2.06. The minimum absolute atomic E-state index is 0.0496. The molecule has 1 N–H and O–H groups in total. The molecule has 1 amide bonds. The third-order valence-electron chi connectivity index (χ3n) is 2.93. The van der Waals surface area contributed by atoms with Crippen LogP contribution in [0.5, 0.6) is 0 Å². The van der Waals surface area contributed by atoms with Gasteiger partial charge in [0.25, 0.3) is 5.91 Å². The Morgan fingerprint density at radius 3 is 2.50 bits per heavy atom. The minimum Gasteiger partial charge on any atom is -0.352 e. The van der Waals surface area contributed by atoms with Crippen LogP contribution in [0.15, 0.2) is 24.3 Å². The summed E-state index contributed by atoms with van der Waals surface area (Å²) in [7, 11) is 0. The second-order valence-corrected chi connectivity index (χ2v) is 5.67. The van der Waals surface area contributed by atoms with E-state index >= 15 is 0 Å². The van der Waals surface area contributed by atoms with Gasteiger partial charge < -0.3 is 5.32 Å². The summed E-state index contributed by atoms with van der Waals surface area (Å²) in [5.41, 5.74) is 0.782. The highest BCUT2D eigenvalue weighted by atomic mass is 127. The molecule has 0 atom stereocenters. The zero-order valence-electron chi connectivity index (χ0n) is 11.0. The predicted octanol–water partition coefficient (Wildman–Crippen LogP) is 4.38. The third kappa shape index (κ3) is 5.85. The Hall–Kier alpha value is -0.580. The summed E-state index contributed by atoms with van der Waals surface area (Å²) >= 11 is 2.20. The first-order valence-corrected chi connectivity index (χ1v) is 7.86. The first kappa shape index (κ1) is 15.5. The van der Waals surface area contributed by atoms with E-state index in [1.165, 1.54) is 32.1 Å². The molecular formula is C15H22INO. The number of amides is 1. The summed E-state index contributed by atoms with van der Waals surface area (Å²) in [4.78, 5) is 11.9. The van der Waals surface area contributed by atoms with Gasteiger partial charge in [-0.1, -0.05) is 51.2 Å². The van der Waals surface area contributed by atoms with Crippen molar-refractivity contribution in [3.8, 4) is 0 Å². The van der Waals surface area contributed by atoms with Gasteiger partial charge in [-0.15, -0.1) is 0 Å². The number of hydrogen-bond donors (Lipinski definition) is 1. The monoisotopic (exact) mass is 359 g/mol. The lowest BCUT2D eigenvalue weighted by atomic mass is 10.1. The maximum absolute atomic E-state index is 11.9. The highest BCUT2D eigenvalue weighted by Crippen LogP contribution is 2.11. The van der Waals surface area contributed by atoms with Crippen molar-refractivity contribution in [3.05, 3.63) is 33.4 Å². The van der Waals surface area contributed by atoms with Gasteiger partial charge in [0.2, 0.25) is 0 Å². The van der Waals surface area contributed by atoms with Crippen molar-refractivity contribution in [3.63, 3.8) is 0 Å². The van der Waals surface area contributed by atoms with E-state index in [2.05, 4.69) is 34.8 Å². The van der Waals surface area contributed by atoms with Gasteiger partial charge in [0.15, 0.2) is 0 Å². The van der Waals surface area contributed by atoms with Gasteiger partial charge in [-0.05, 0) is 41.1 Å². The zero-order chi connectivity index (χ0) is 13.2. The molecule has 0 aromatic heterocycles. The Bertz CT molecular complexity index is 365. The van der Waals surface area contributed by atoms with E-state index in [1.807, 2.05) is 24.3 Å². The van der Waals surface area contributed by atoms with Crippen molar-refractivity contribution in [2.75, 3.05) is 6.54 Å². The molecule has 0 aliphatic rings. The van der Waals surface area contributed by atoms with Crippen LogP contribution in [0.25, 0.3) is 0 Å². The van der Waals surface area contributed by atoms with Crippen molar-refractivity contribution in [2.24, 2.45) is 0 Å². The normalized spacial score (nSPS) is 10.3. The molecule has 1 aromatic carbocycles. The van der Waals surface area contributed by atoms with Gasteiger partial charge in [0.1, 0.15) is 0 Å². The van der Waals surface area contributed by atoms with Crippen molar-refractivity contribution in [1.29, 1.82) is 0 Å². The zero-order valence-corrected chi connectivity index (χ0v) is 13.2. The number of carbonyl (C=O) groups is 1. The Kier molecular flexibility index (Phi) is 8.05. The van der Waals surface area contributed by atoms with E-state index < -0.39 is 0 Å². The average molecular weight is 359 g/mol. The molecule has 0 spiro atoms. The molecule has 3 heteroatoms. The molecule has 0 fully saturated rings. The van der Waals surface area contributed by atoms with Crippen LogP contribution in [-0.2, 0) is 0 Å². The topological polar surface area (TPSA) is 29.1 Å². The molecule has 1 rings (SSSR count). The maximum atomic E-state index is 11.9. The van der Waals surface area contributed by atoms with Gasteiger partial charge in [0, 0.05) is 10.1 Å². The second kappa shape index (κ2) is 9.36. The fourth-order valence-corrected chi connectivity index (χ4v) is 2.48. The van der Waals surface area contributed by atoms with Crippen LogP contribution in [-0.4, -0.2) is 12.5 Å². The molecule has 1 aromatic rings. The quantitative estimate of drug-likeness (QED) is 0.542. The van der Waals surface area contributed by atoms with Crippen LogP contribution in [0.1, 0.15) is 55.8 Å². The number of hydrogen-bond acceptors (Lipinski definition) is 1. The summed E-state index contributed by atoms with van der Waals surface area (Å²) in [5, 5.41) is 2.99. The fourth-order valence-electron chi connectivity index (χ4n) is 1.85. The van der Waals surface area contributed by atoms with Crippen molar-refractivity contribution >= 4 is 28.5 Å². The molecule has 0 aliphatic carbocycles. The van der Waals surface area contributed by atoms with E-state index in [4.69, 9.17) is 0 Å². The van der Waals surface area contributed by atoms with Crippen LogP contribution < -0.4 is 5.32 Å². The van der Waals surface area contributed by atoms with Gasteiger partial charge in [-0.2, -0.15) is 0 Å². The SMILES string of the molecule is CCCCCCCCNC(=O)c1ccccc1I. The number of benzene rings is 1. The number of carbonyl (C=O) groups excluding carboxylic acids is 1. The van der Waals surface area contributed by atoms with Gasteiger partial charge in [-0.25, -0.2) is 0 Å². The van der Waals surface area contributed by atoms with Crippen LogP contribution in [0.4, 0.5) is 0 Å². The largest absolute Gasteiger partial charge is 0.352 e. The summed E-state index contributed by atoms with van der Waals surface area (Å²) in [6.45, 7) is 3.01. The number of rotatable bonds is 8. The fraction of sp³-hybridized carbons (Fsp3) is 0.533. The maximum Gasteiger partial charge on any atom is 0.252 e. The average Bonchev–Trinajstić information content (AvgIpc) is 2.38. The van der Waals surface area contributed by atoms with Crippen molar-refractivity contribution in [2.45, 2.75) is 45.4 Å². The first-order valence-electron chi connectivity index (χ1n) is 6.78. The molecule has 18 heavy (non-hydrogen) atoms. The summed E-state index contributed by atoms with van der Waals surface area (Å²) in [6, 6.07) is 7.69. The standard InChI is InChI=1S/C15H22INO/c1-2-3-4-5-6-9-12-17-15(18)13-10-7-8-11-14(13)16/h7-8,10-11H,2-6,9,12H2,1H3,(H,17,18). The smallest absolute Gasteiger partial charge is 0.252 e. The Balaban J connectivity index is 2.16. The number of nitrogens with one attached hydrogen (secondary N) is 1. The Labute approximate surface area is 124 Å². The van der Waals surface area contributed by atoms with Gasteiger partial charge in [0.05, 0.1) is 5.56 Å². The molecule has 0 bridgehead atoms. The molecule has 2 nitrogen and oxygen atoms in total. The van der Waals surface area contributed by atoms with Crippen LogP contribution in [0, 0.1) is 3.57 Å². The molecule has 0 heterocycles. The van der Waals surface area contributed by atoms with Crippen molar-refractivity contribution in [1.82, 2.24) is 5.32 Å². The van der Waals surface area contributed by atoms with E-state index in [0.717, 1.165) is 22.1 Å². The Morgan fingerprint density at radius 1 is 1.11 bits per heavy atom. The summed E-state index contributed by atoms with van der Waals surface area (Å²) in [5.74, 6) is 0.0496. The molecule has 0 aliphatic heterocycles. The van der Waals surface area contributed by atoms with Crippen molar-refractivity contribution < 1.29 is 4.79 Å². The van der Waals surface area contributed by atoms with Crippen LogP contribution in [0.3, 0.4) is 0 Å². The molecule has 100 valence electrons. The highest BCUT2D eigenvalue weighted by molar-refractivity contribution is 14.1. The summed E-state index contributed by atoms with van der Waals surface area (Å²) < 4.78 is 1.01. The van der Waals surface area contributed by atoms with E-state index in [0.29, 0.717) is 0 Å². The number of halogens is 1. The molecule has 0 unspecified atom stereocenters. The highest BCUT2D eigenvalue weighted by Gasteiger charge is 2.07. The van der Waals surface area contributed by atoms with Crippen LogP contribution >= 0.6 is 22.6 Å². The lowest BCUT2D eigenvalue weighted by Crippen LogP contribution is -2.25. The summed E-state index contributed by atoms with van der Waals surface area (Å²) in [6.07, 6.45) is 7.51. The number of unbranched alkanes of at least 4 members (excludes halogenated alkanes) is 5. The first-order chi connectivity index (χ1) is 8.75. The minimum atomic E-state index is 0.0496. The van der Waals surface area contributed by atoms with Crippen LogP contribution in [0.2, 0.25) is 0 Å². The van der Waals surface area contributed by atoms with E-state index in [9.17, 15) is 4.79 Å². The predicted molar refractivity (Wildman–Crippen MR) is 84.9 cm³/mol. The lowest BCUT2D eigenvalue weighted by molar-refractivity contribution is 0.0952. The van der Waals surface area contributed by atoms with E-state index in [1.54, 1.807) is 0 Å². The Morgan fingerprint density at radius 2 is 1.78 bits per heavy atom. The van der Waals surface area contributed by atoms with Gasteiger partial charge >= 0.3 is 0 Å².